The van der Waals surface area contributed by atoms with Crippen molar-refractivity contribution in [3.63, 3.8) is 0 Å². The summed E-state index contributed by atoms with van der Waals surface area (Å²) < 4.78 is 3.78. The number of urea groups is 1. The fourth-order valence-electron chi connectivity index (χ4n) is 5.32. The number of amides is 2. The molecule has 10 nitrogen and oxygen atoms in total. The van der Waals surface area contributed by atoms with Crippen LogP contribution in [0.15, 0.2) is 59.7 Å². The van der Waals surface area contributed by atoms with Gasteiger partial charge in [0.2, 0.25) is 5.95 Å². The van der Waals surface area contributed by atoms with Crippen molar-refractivity contribution in [1.82, 2.24) is 29.5 Å². The third-order valence-corrected chi connectivity index (χ3v) is 7.21. The van der Waals surface area contributed by atoms with Gasteiger partial charge in [0.1, 0.15) is 5.75 Å². The van der Waals surface area contributed by atoms with Crippen LogP contribution in [0.2, 0.25) is 0 Å². The van der Waals surface area contributed by atoms with E-state index in [1.165, 1.54) is 0 Å². The van der Waals surface area contributed by atoms with Crippen molar-refractivity contribution in [2.75, 3.05) is 38.1 Å². The Bertz CT molecular complexity index is 1500. The molecule has 0 aliphatic carbocycles. The number of carbonyl (C=O) groups excluding carboxylic acids is 1. The van der Waals surface area contributed by atoms with E-state index in [9.17, 15) is 14.7 Å². The number of fused-ring (bicyclic) bond motifs is 3. The van der Waals surface area contributed by atoms with Crippen LogP contribution in [0.3, 0.4) is 0 Å². The highest BCUT2D eigenvalue weighted by molar-refractivity contribution is 5.84. The molecule has 10 heteroatoms. The van der Waals surface area contributed by atoms with Crippen LogP contribution in [0.4, 0.5) is 10.7 Å². The van der Waals surface area contributed by atoms with Crippen LogP contribution in [0, 0.1) is 0 Å². The number of anilines is 1. The molecule has 2 N–H and O–H groups in total. The summed E-state index contributed by atoms with van der Waals surface area (Å²) in [4.78, 5) is 37.9. The highest BCUT2D eigenvalue weighted by Crippen LogP contribution is 2.36. The smallest absolute Gasteiger partial charge is 0.317 e. The first-order valence-corrected chi connectivity index (χ1v) is 12.1. The van der Waals surface area contributed by atoms with Crippen LogP contribution in [0.5, 0.6) is 5.75 Å². The number of piperazine rings is 1. The van der Waals surface area contributed by atoms with Gasteiger partial charge in [-0.25, -0.2) is 19.4 Å². The molecule has 184 valence electrons. The number of phenols is 1. The van der Waals surface area contributed by atoms with Crippen LogP contribution < -0.4 is 15.8 Å². The van der Waals surface area contributed by atoms with E-state index in [2.05, 4.69) is 20.2 Å². The molecule has 0 radical (unpaired) electrons. The Kier molecular flexibility index (Phi) is 5.36. The number of hydrogen-bond donors (Lipinski definition) is 2. The summed E-state index contributed by atoms with van der Waals surface area (Å²) in [6.07, 6.45) is 4.35. The van der Waals surface area contributed by atoms with Crippen molar-refractivity contribution in [2.24, 2.45) is 0 Å². The summed E-state index contributed by atoms with van der Waals surface area (Å²) in [5, 5.41) is 13.8. The average molecular weight is 486 g/mol. The molecule has 2 aromatic heterocycles. The monoisotopic (exact) mass is 485 g/mol. The lowest BCUT2D eigenvalue weighted by Gasteiger charge is -2.34. The van der Waals surface area contributed by atoms with Gasteiger partial charge in [0.15, 0.2) is 0 Å². The quantitative estimate of drug-likeness (QED) is 0.461. The Morgan fingerprint density at radius 1 is 1.00 bits per heavy atom. The van der Waals surface area contributed by atoms with Crippen molar-refractivity contribution in [3.8, 4) is 16.9 Å². The SMILES string of the molecule is CNC(=O)N1CCN(c2ncc(-c3ccc4c(=O)n5n(c4c3)[C@H](c3ccccc3O)CC5)cn2)CC1. The Hall–Kier alpha value is -4.34. The molecule has 0 spiro atoms. The zero-order valence-corrected chi connectivity index (χ0v) is 20.0. The first-order chi connectivity index (χ1) is 17.5. The molecular formula is C26H27N7O3. The molecule has 1 atom stereocenters. The lowest BCUT2D eigenvalue weighted by Crippen LogP contribution is -2.51. The van der Waals surface area contributed by atoms with E-state index in [0.717, 1.165) is 28.6 Å². The van der Waals surface area contributed by atoms with Gasteiger partial charge in [-0.1, -0.05) is 24.3 Å². The standard InChI is InChI=1S/C26H27N7O3/c1-27-26(36)31-12-10-30(11-13-31)25-28-15-18(16-29-25)17-6-7-20-22(14-17)33-21(8-9-32(33)24(20)35)19-4-2-3-5-23(19)34/h2-7,14-16,21,34H,8-13H2,1H3,(H,27,36)/t21-/m0/s1. The van der Waals surface area contributed by atoms with E-state index in [0.29, 0.717) is 44.1 Å². The Morgan fingerprint density at radius 2 is 1.75 bits per heavy atom. The molecule has 2 aromatic carbocycles. The number of carbonyl (C=O) groups is 1. The van der Waals surface area contributed by atoms with E-state index < -0.39 is 0 Å². The van der Waals surface area contributed by atoms with Crippen molar-refractivity contribution in [1.29, 1.82) is 0 Å². The Morgan fingerprint density at radius 3 is 2.47 bits per heavy atom. The van der Waals surface area contributed by atoms with Crippen molar-refractivity contribution in [2.45, 2.75) is 19.0 Å². The predicted molar refractivity (Wildman–Crippen MR) is 136 cm³/mol. The number of benzene rings is 2. The molecule has 0 saturated carbocycles. The number of para-hydroxylation sites is 1. The highest BCUT2D eigenvalue weighted by Gasteiger charge is 2.29. The minimum Gasteiger partial charge on any atom is -0.508 e. The lowest BCUT2D eigenvalue weighted by molar-refractivity contribution is 0.196. The first kappa shape index (κ1) is 22.1. The summed E-state index contributed by atoms with van der Waals surface area (Å²) >= 11 is 0. The van der Waals surface area contributed by atoms with Crippen LogP contribution in [-0.2, 0) is 6.54 Å². The van der Waals surface area contributed by atoms with Gasteiger partial charge in [-0.2, -0.15) is 0 Å². The maximum Gasteiger partial charge on any atom is 0.317 e. The minimum absolute atomic E-state index is 0.0167. The Balaban J connectivity index is 1.30. The normalized spacial score (nSPS) is 17.4. The van der Waals surface area contributed by atoms with E-state index in [-0.39, 0.29) is 23.4 Å². The second-order valence-electron chi connectivity index (χ2n) is 9.17. The summed E-state index contributed by atoms with van der Waals surface area (Å²) in [5.41, 5.74) is 3.40. The van der Waals surface area contributed by atoms with Gasteiger partial charge in [0, 0.05) is 63.3 Å². The van der Waals surface area contributed by atoms with Crippen LogP contribution in [-0.4, -0.2) is 68.6 Å². The molecule has 1 saturated heterocycles. The summed E-state index contributed by atoms with van der Waals surface area (Å²) in [5.74, 6) is 0.874. The number of nitrogens with zero attached hydrogens (tertiary/aromatic N) is 6. The van der Waals surface area contributed by atoms with Crippen molar-refractivity contribution >= 4 is 22.9 Å². The molecule has 36 heavy (non-hydrogen) atoms. The largest absolute Gasteiger partial charge is 0.508 e. The predicted octanol–water partition coefficient (Wildman–Crippen LogP) is 2.42. The molecule has 6 rings (SSSR count). The number of phenolic OH excluding ortho intramolecular Hbond substituents is 1. The molecule has 2 amide bonds. The number of aromatic nitrogens is 4. The number of nitrogens with one attached hydrogen (secondary N) is 1. The topological polar surface area (TPSA) is 109 Å². The lowest BCUT2D eigenvalue weighted by atomic mass is 10.0. The fourth-order valence-corrected chi connectivity index (χ4v) is 5.32. The first-order valence-electron chi connectivity index (χ1n) is 12.1. The van der Waals surface area contributed by atoms with Crippen molar-refractivity contribution in [3.05, 3.63) is 70.8 Å². The van der Waals surface area contributed by atoms with Gasteiger partial charge < -0.3 is 20.2 Å². The van der Waals surface area contributed by atoms with E-state index >= 15 is 0 Å². The molecule has 0 unspecified atom stereocenters. The number of aromatic hydroxyl groups is 1. The molecule has 2 aliphatic rings. The molecule has 1 fully saturated rings. The molecule has 4 aromatic rings. The average Bonchev–Trinajstić information content (AvgIpc) is 3.48. The van der Waals surface area contributed by atoms with Crippen LogP contribution in [0.25, 0.3) is 22.0 Å². The second kappa shape index (κ2) is 8.71. The number of rotatable bonds is 3. The highest BCUT2D eigenvalue weighted by atomic mass is 16.3. The van der Waals surface area contributed by atoms with Gasteiger partial charge in [-0.15, -0.1) is 0 Å². The molecule has 4 heterocycles. The Labute approximate surface area is 207 Å². The van der Waals surface area contributed by atoms with Crippen molar-refractivity contribution < 1.29 is 9.90 Å². The molecule has 0 bridgehead atoms. The molecular weight excluding hydrogens is 458 g/mol. The fraction of sp³-hybridized carbons (Fsp3) is 0.308. The summed E-state index contributed by atoms with van der Waals surface area (Å²) in [6, 6.07) is 12.9. The van der Waals surface area contributed by atoms with E-state index in [1.807, 2.05) is 35.0 Å². The second-order valence-corrected chi connectivity index (χ2v) is 9.17. The van der Waals surface area contributed by atoms with E-state index in [1.54, 1.807) is 41.2 Å². The van der Waals surface area contributed by atoms with E-state index in [4.69, 9.17) is 0 Å². The zero-order valence-electron chi connectivity index (χ0n) is 20.0. The van der Waals surface area contributed by atoms with Crippen LogP contribution >= 0.6 is 0 Å². The zero-order chi connectivity index (χ0) is 24.8. The van der Waals surface area contributed by atoms with Crippen LogP contribution in [0.1, 0.15) is 18.0 Å². The van der Waals surface area contributed by atoms with Gasteiger partial charge >= 0.3 is 6.03 Å². The third-order valence-electron chi connectivity index (χ3n) is 7.21. The molecule has 2 aliphatic heterocycles. The van der Waals surface area contributed by atoms with Gasteiger partial charge in [-0.3, -0.25) is 9.48 Å². The van der Waals surface area contributed by atoms with Gasteiger partial charge in [0.05, 0.1) is 16.9 Å². The minimum atomic E-state index is -0.112. The summed E-state index contributed by atoms with van der Waals surface area (Å²) in [6.45, 7) is 3.19. The maximum atomic E-state index is 13.1. The maximum absolute atomic E-state index is 13.1. The summed E-state index contributed by atoms with van der Waals surface area (Å²) in [7, 11) is 1.64. The third kappa shape index (κ3) is 3.57. The van der Waals surface area contributed by atoms with Gasteiger partial charge in [-0.05, 0) is 30.2 Å². The van der Waals surface area contributed by atoms with Gasteiger partial charge in [0.25, 0.3) is 5.56 Å². The number of hydrogen-bond acceptors (Lipinski definition) is 6.